The second kappa shape index (κ2) is 8.60. The molecule has 0 bridgehead atoms. The number of aliphatic hydroxyl groups is 1. The number of carbonyl (C=O) groups excluding carboxylic acids is 1. The van der Waals surface area contributed by atoms with Crippen LogP contribution < -0.4 is 0 Å². The molecule has 1 aliphatic heterocycles. The Hall–Kier alpha value is -2.95. The third-order valence-electron chi connectivity index (χ3n) is 5.55. The first-order valence-corrected chi connectivity index (χ1v) is 9.96. The van der Waals surface area contributed by atoms with Crippen molar-refractivity contribution in [1.82, 2.24) is 4.90 Å². The summed E-state index contributed by atoms with van der Waals surface area (Å²) in [6.45, 7) is 2.09. The number of morpholine rings is 1. The van der Waals surface area contributed by atoms with Crippen LogP contribution in [0.1, 0.15) is 22.6 Å². The third kappa shape index (κ3) is 3.82. The van der Waals surface area contributed by atoms with Crippen molar-refractivity contribution in [2.75, 3.05) is 26.3 Å². The molecule has 148 valence electrons. The molecule has 0 radical (unpaired) electrons. The molecule has 1 amide bonds. The predicted molar refractivity (Wildman–Crippen MR) is 112 cm³/mol. The maximum Gasteiger partial charge on any atom is 0.233 e. The summed E-state index contributed by atoms with van der Waals surface area (Å²) in [7, 11) is 0. The first kappa shape index (κ1) is 19.4. The van der Waals surface area contributed by atoms with Gasteiger partial charge in [-0.15, -0.1) is 0 Å². The van der Waals surface area contributed by atoms with Gasteiger partial charge in [-0.2, -0.15) is 0 Å². The zero-order chi connectivity index (χ0) is 20.1. The fourth-order valence-electron chi connectivity index (χ4n) is 4.06. The number of nitrogens with zero attached hydrogens (tertiary/aromatic N) is 1. The Labute approximate surface area is 171 Å². The Balaban J connectivity index is 1.90. The van der Waals surface area contributed by atoms with Crippen LogP contribution in [-0.4, -0.2) is 42.2 Å². The van der Waals surface area contributed by atoms with E-state index >= 15 is 0 Å². The van der Waals surface area contributed by atoms with Crippen LogP contribution in [0, 0.1) is 0 Å². The standard InChI is InChI=1S/C25H25NO3/c27-24(26-16-18-29-19-17-26)23(20-10-4-1-5-11-20)25(28,21-12-6-2-7-13-21)22-14-8-3-9-15-22/h1-15,23,28H,16-19H2/t23-/m1/s1. The highest BCUT2D eigenvalue weighted by Gasteiger charge is 2.46. The highest BCUT2D eigenvalue weighted by Crippen LogP contribution is 2.43. The summed E-state index contributed by atoms with van der Waals surface area (Å²) < 4.78 is 5.43. The number of rotatable bonds is 5. The van der Waals surface area contributed by atoms with Gasteiger partial charge in [0.25, 0.3) is 0 Å². The van der Waals surface area contributed by atoms with Gasteiger partial charge < -0.3 is 14.7 Å². The van der Waals surface area contributed by atoms with E-state index in [2.05, 4.69) is 0 Å². The average molecular weight is 387 g/mol. The van der Waals surface area contributed by atoms with E-state index in [1.165, 1.54) is 0 Å². The van der Waals surface area contributed by atoms with Crippen LogP contribution in [-0.2, 0) is 15.1 Å². The Kier molecular flexibility index (Phi) is 5.74. The molecule has 1 N–H and O–H groups in total. The van der Waals surface area contributed by atoms with E-state index in [4.69, 9.17) is 4.74 Å². The van der Waals surface area contributed by atoms with Crippen LogP contribution in [0.2, 0.25) is 0 Å². The number of hydrogen-bond acceptors (Lipinski definition) is 3. The minimum atomic E-state index is -1.50. The van der Waals surface area contributed by atoms with Gasteiger partial charge in [-0.05, 0) is 16.7 Å². The lowest BCUT2D eigenvalue weighted by Gasteiger charge is -2.40. The summed E-state index contributed by atoms with van der Waals surface area (Å²) in [6.07, 6.45) is 0. The molecule has 1 saturated heterocycles. The van der Waals surface area contributed by atoms with Crippen LogP contribution in [0.5, 0.6) is 0 Å². The second-order valence-electron chi connectivity index (χ2n) is 7.28. The highest BCUT2D eigenvalue weighted by molar-refractivity contribution is 5.86. The first-order valence-electron chi connectivity index (χ1n) is 9.96. The van der Waals surface area contributed by atoms with E-state index in [1.807, 2.05) is 91.0 Å². The molecule has 0 saturated carbocycles. The van der Waals surface area contributed by atoms with Gasteiger partial charge in [0.05, 0.1) is 13.2 Å². The second-order valence-corrected chi connectivity index (χ2v) is 7.28. The molecule has 1 aliphatic rings. The molecule has 0 aromatic heterocycles. The van der Waals surface area contributed by atoms with Gasteiger partial charge in [0.1, 0.15) is 11.5 Å². The molecule has 0 aliphatic carbocycles. The van der Waals surface area contributed by atoms with Gasteiger partial charge in [-0.25, -0.2) is 0 Å². The number of carbonyl (C=O) groups is 1. The molecule has 4 rings (SSSR count). The molecule has 1 atom stereocenters. The molecule has 0 spiro atoms. The summed E-state index contributed by atoms with van der Waals surface area (Å²) in [6, 6.07) is 28.5. The van der Waals surface area contributed by atoms with Crippen molar-refractivity contribution in [3.8, 4) is 0 Å². The minimum absolute atomic E-state index is 0.0882. The Morgan fingerprint density at radius 1 is 0.793 bits per heavy atom. The van der Waals surface area contributed by atoms with E-state index in [9.17, 15) is 9.90 Å². The lowest BCUT2D eigenvalue weighted by molar-refractivity contribution is -0.142. The highest BCUT2D eigenvalue weighted by atomic mass is 16.5. The molecular formula is C25H25NO3. The van der Waals surface area contributed by atoms with Gasteiger partial charge in [0.15, 0.2) is 0 Å². The normalized spacial score (nSPS) is 15.7. The summed E-state index contributed by atoms with van der Waals surface area (Å²) in [5.74, 6) is -0.860. The Morgan fingerprint density at radius 3 is 1.72 bits per heavy atom. The van der Waals surface area contributed by atoms with Gasteiger partial charge in [0, 0.05) is 13.1 Å². The van der Waals surface area contributed by atoms with E-state index in [0.717, 1.165) is 5.56 Å². The fraction of sp³-hybridized carbons (Fsp3) is 0.240. The van der Waals surface area contributed by atoms with E-state index in [-0.39, 0.29) is 5.91 Å². The van der Waals surface area contributed by atoms with Crippen molar-refractivity contribution in [1.29, 1.82) is 0 Å². The zero-order valence-corrected chi connectivity index (χ0v) is 16.3. The van der Waals surface area contributed by atoms with Crippen molar-refractivity contribution in [2.24, 2.45) is 0 Å². The third-order valence-corrected chi connectivity index (χ3v) is 5.55. The number of ether oxygens (including phenoxy) is 1. The average Bonchev–Trinajstić information content (AvgIpc) is 2.81. The first-order chi connectivity index (χ1) is 14.2. The molecule has 1 fully saturated rings. The largest absolute Gasteiger partial charge is 0.379 e. The molecular weight excluding hydrogens is 362 g/mol. The maximum absolute atomic E-state index is 13.8. The van der Waals surface area contributed by atoms with Crippen molar-refractivity contribution in [3.63, 3.8) is 0 Å². The number of hydrogen-bond donors (Lipinski definition) is 1. The van der Waals surface area contributed by atoms with Crippen LogP contribution >= 0.6 is 0 Å². The van der Waals surface area contributed by atoms with Crippen molar-refractivity contribution < 1.29 is 14.6 Å². The molecule has 3 aromatic rings. The quantitative estimate of drug-likeness (QED) is 0.728. The fourth-order valence-corrected chi connectivity index (χ4v) is 4.06. The Bertz CT molecular complexity index is 883. The predicted octanol–water partition coefficient (Wildman–Crippen LogP) is 3.57. The zero-order valence-electron chi connectivity index (χ0n) is 16.3. The summed E-state index contributed by atoms with van der Waals surface area (Å²) in [5, 5.41) is 12.3. The lowest BCUT2D eigenvalue weighted by Crippen LogP contribution is -2.49. The van der Waals surface area contributed by atoms with Crippen LogP contribution in [0.15, 0.2) is 91.0 Å². The smallest absolute Gasteiger partial charge is 0.233 e. The van der Waals surface area contributed by atoms with Gasteiger partial charge >= 0.3 is 0 Å². The van der Waals surface area contributed by atoms with Crippen LogP contribution in [0.25, 0.3) is 0 Å². The van der Waals surface area contributed by atoms with E-state index < -0.39 is 11.5 Å². The van der Waals surface area contributed by atoms with Gasteiger partial charge in [0.2, 0.25) is 5.91 Å². The molecule has 3 aromatic carbocycles. The Morgan fingerprint density at radius 2 is 1.24 bits per heavy atom. The monoisotopic (exact) mass is 387 g/mol. The molecule has 4 heteroatoms. The lowest BCUT2D eigenvalue weighted by atomic mass is 9.72. The van der Waals surface area contributed by atoms with E-state index in [0.29, 0.717) is 37.4 Å². The van der Waals surface area contributed by atoms with Crippen LogP contribution in [0.4, 0.5) is 0 Å². The number of benzene rings is 3. The molecule has 1 heterocycles. The van der Waals surface area contributed by atoms with Crippen molar-refractivity contribution >= 4 is 5.91 Å². The molecule has 0 unspecified atom stereocenters. The van der Waals surface area contributed by atoms with Gasteiger partial charge in [-0.3, -0.25) is 4.79 Å². The topological polar surface area (TPSA) is 49.8 Å². The minimum Gasteiger partial charge on any atom is -0.379 e. The van der Waals surface area contributed by atoms with E-state index in [1.54, 1.807) is 4.90 Å². The summed E-state index contributed by atoms with van der Waals surface area (Å²) in [4.78, 5) is 15.6. The SMILES string of the molecule is O=C([C@@H](c1ccccc1)C(O)(c1ccccc1)c1ccccc1)N1CCOCC1. The van der Waals surface area contributed by atoms with Crippen LogP contribution in [0.3, 0.4) is 0 Å². The molecule has 4 nitrogen and oxygen atoms in total. The number of amides is 1. The van der Waals surface area contributed by atoms with Crippen molar-refractivity contribution in [2.45, 2.75) is 11.5 Å². The summed E-state index contributed by atoms with van der Waals surface area (Å²) >= 11 is 0. The summed E-state index contributed by atoms with van der Waals surface area (Å²) in [5.41, 5.74) is 0.682. The van der Waals surface area contributed by atoms with Crippen molar-refractivity contribution in [3.05, 3.63) is 108 Å². The van der Waals surface area contributed by atoms with Gasteiger partial charge in [-0.1, -0.05) is 91.0 Å². The molecule has 29 heavy (non-hydrogen) atoms. The maximum atomic E-state index is 13.8.